The Morgan fingerprint density at radius 1 is 0.957 bits per heavy atom. The molecule has 0 aliphatic heterocycles. The molecule has 2 aliphatic rings. The SMILES string of the molecule is CC1CCC(C2CCCCC2)CC1.Oc1cc[c-]c(F)c1F.[Re]. The Morgan fingerprint density at radius 3 is 2.04 bits per heavy atom. The summed E-state index contributed by atoms with van der Waals surface area (Å²) in [5, 5.41) is 8.47. The molecule has 0 aromatic heterocycles. The van der Waals surface area contributed by atoms with Gasteiger partial charge in [0, 0.05) is 32.0 Å². The molecule has 2 aliphatic carbocycles. The zero-order chi connectivity index (χ0) is 15.9. The van der Waals surface area contributed by atoms with Gasteiger partial charge in [0.25, 0.3) is 0 Å². The van der Waals surface area contributed by atoms with Gasteiger partial charge in [0.15, 0.2) is 0 Å². The minimum absolute atomic E-state index is 0. The van der Waals surface area contributed by atoms with Gasteiger partial charge in [-0.15, -0.1) is 12.1 Å². The van der Waals surface area contributed by atoms with E-state index in [4.69, 9.17) is 5.11 Å². The third kappa shape index (κ3) is 6.51. The zero-order valence-corrected chi connectivity index (χ0v) is 16.5. The van der Waals surface area contributed by atoms with Crippen LogP contribution >= 0.6 is 0 Å². The van der Waals surface area contributed by atoms with Gasteiger partial charge in [0.05, 0.1) is 5.82 Å². The van der Waals surface area contributed by atoms with E-state index in [2.05, 4.69) is 6.92 Å². The third-order valence-electron chi connectivity index (χ3n) is 5.25. The Morgan fingerprint density at radius 2 is 1.52 bits per heavy atom. The summed E-state index contributed by atoms with van der Waals surface area (Å²) in [6, 6.07) is 4.07. The molecule has 0 saturated heterocycles. The molecule has 1 nitrogen and oxygen atoms in total. The van der Waals surface area contributed by atoms with Gasteiger partial charge in [-0.1, -0.05) is 51.9 Å². The molecule has 2 fully saturated rings. The predicted octanol–water partition coefficient (Wildman–Crippen LogP) is 5.86. The minimum Gasteiger partial charge on any atom is -0.531 e. The molecule has 131 valence electrons. The summed E-state index contributed by atoms with van der Waals surface area (Å²) in [4.78, 5) is 0. The monoisotopic (exact) mass is 496 g/mol. The summed E-state index contributed by atoms with van der Waals surface area (Å²) in [5.41, 5.74) is 0. The molecule has 0 bridgehead atoms. The second kappa shape index (κ2) is 10.4. The smallest absolute Gasteiger partial charge is 0.0840 e. The average molecular weight is 496 g/mol. The fourth-order valence-electron chi connectivity index (χ4n) is 3.81. The molecule has 2 saturated carbocycles. The van der Waals surface area contributed by atoms with Crippen LogP contribution in [-0.4, -0.2) is 5.11 Å². The van der Waals surface area contributed by atoms with Crippen molar-refractivity contribution in [2.45, 2.75) is 64.7 Å². The number of hydrogen-bond acceptors (Lipinski definition) is 1. The number of benzene rings is 1. The number of aromatic hydroxyl groups is 1. The standard InChI is InChI=1S/C13H24.C6H3F2O.Re/c1-11-7-9-13(10-8-11)12-5-3-2-4-6-12;7-4-2-1-3-5(9)6(4)8;/h11-13H,2-10H2,1H3;1,3,9H;/q;-1;. The van der Waals surface area contributed by atoms with Crippen LogP contribution in [0.25, 0.3) is 0 Å². The van der Waals surface area contributed by atoms with Crippen LogP contribution in [0.5, 0.6) is 5.75 Å². The predicted molar refractivity (Wildman–Crippen MR) is 84.6 cm³/mol. The van der Waals surface area contributed by atoms with Crippen molar-refractivity contribution in [2.24, 2.45) is 17.8 Å². The molecule has 0 heterocycles. The van der Waals surface area contributed by atoms with E-state index in [0.29, 0.717) is 0 Å². The van der Waals surface area contributed by atoms with E-state index < -0.39 is 17.4 Å². The van der Waals surface area contributed by atoms with Crippen molar-refractivity contribution >= 4 is 0 Å². The van der Waals surface area contributed by atoms with Crippen LogP contribution in [0.2, 0.25) is 0 Å². The first kappa shape index (κ1) is 20.6. The first-order valence-corrected chi connectivity index (χ1v) is 8.62. The first-order chi connectivity index (χ1) is 10.6. The number of rotatable bonds is 1. The number of hydrogen-bond donors (Lipinski definition) is 1. The number of phenols is 1. The maximum atomic E-state index is 12.1. The van der Waals surface area contributed by atoms with Crippen LogP contribution in [0, 0.1) is 35.5 Å². The topological polar surface area (TPSA) is 20.2 Å². The third-order valence-corrected chi connectivity index (χ3v) is 5.25. The largest absolute Gasteiger partial charge is 0.531 e. The van der Waals surface area contributed by atoms with Crippen molar-refractivity contribution in [3.8, 4) is 5.75 Å². The van der Waals surface area contributed by atoms with Crippen molar-refractivity contribution in [2.75, 3.05) is 0 Å². The van der Waals surface area contributed by atoms with Crippen LogP contribution in [0.4, 0.5) is 8.78 Å². The summed E-state index contributed by atoms with van der Waals surface area (Å²) >= 11 is 0. The fourth-order valence-corrected chi connectivity index (χ4v) is 3.81. The molecule has 4 heteroatoms. The maximum Gasteiger partial charge on any atom is 0.0840 e. The van der Waals surface area contributed by atoms with E-state index in [1.807, 2.05) is 6.07 Å². The van der Waals surface area contributed by atoms with Crippen LogP contribution in [-0.2, 0) is 20.4 Å². The van der Waals surface area contributed by atoms with Gasteiger partial charge in [-0.2, -0.15) is 6.07 Å². The van der Waals surface area contributed by atoms with Gasteiger partial charge in [-0.3, -0.25) is 4.39 Å². The number of halogens is 2. The molecule has 1 N–H and O–H groups in total. The van der Waals surface area contributed by atoms with Gasteiger partial charge in [-0.25, -0.2) is 4.39 Å². The molecular formula is C19H27F2ORe-. The first-order valence-electron chi connectivity index (χ1n) is 8.62. The van der Waals surface area contributed by atoms with E-state index in [-0.39, 0.29) is 20.4 Å². The van der Waals surface area contributed by atoms with Crippen molar-refractivity contribution in [1.82, 2.24) is 0 Å². The summed E-state index contributed by atoms with van der Waals surface area (Å²) in [5.74, 6) is 0.177. The Bertz CT molecular complexity index is 432. The summed E-state index contributed by atoms with van der Waals surface area (Å²) in [6.45, 7) is 2.43. The molecule has 1 aromatic carbocycles. The van der Waals surface area contributed by atoms with E-state index in [1.54, 1.807) is 25.7 Å². The molecule has 1 radical (unpaired) electrons. The van der Waals surface area contributed by atoms with Crippen molar-refractivity contribution in [3.63, 3.8) is 0 Å². The van der Waals surface area contributed by atoms with Crippen LogP contribution in [0.15, 0.2) is 12.1 Å². The summed E-state index contributed by atoms with van der Waals surface area (Å²) in [7, 11) is 0. The summed E-state index contributed by atoms with van der Waals surface area (Å²) in [6.07, 6.45) is 13.8. The molecule has 0 unspecified atom stereocenters. The van der Waals surface area contributed by atoms with Crippen molar-refractivity contribution < 1.29 is 34.3 Å². The summed E-state index contributed by atoms with van der Waals surface area (Å²) < 4.78 is 24.1. The van der Waals surface area contributed by atoms with Crippen LogP contribution < -0.4 is 0 Å². The van der Waals surface area contributed by atoms with E-state index in [1.165, 1.54) is 32.1 Å². The van der Waals surface area contributed by atoms with Crippen LogP contribution in [0.3, 0.4) is 0 Å². The van der Waals surface area contributed by atoms with Gasteiger partial charge >= 0.3 is 0 Å². The number of phenolic OH excluding ortho intramolecular Hbond substituents is 1. The van der Waals surface area contributed by atoms with E-state index >= 15 is 0 Å². The zero-order valence-electron chi connectivity index (χ0n) is 13.8. The quantitative estimate of drug-likeness (QED) is 0.484. The molecule has 23 heavy (non-hydrogen) atoms. The Labute approximate surface area is 152 Å². The fraction of sp³-hybridized carbons (Fsp3) is 0.684. The molecule has 0 spiro atoms. The second-order valence-electron chi connectivity index (χ2n) is 6.91. The average Bonchev–Trinajstić information content (AvgIpc) is 2.55. The maximum absolute atomic E-state index is 12.1. The van der Waals surface area contributed by atoms with Crippen molar-refractivity contribution in [3.05, 3.63) is 29.8 Å². The van der Waals surface area contributed by atoms with E-state index in [9.17, 15) is 8.78 Å². The molecule has 3 rings (SSSR count). The van der Waals surface area contributed by atoms with Crippen molar-refractivity contribution in [1.29, 1.82) is 0 Å². The molecule has 0 amide bonds. The molecule has 1 aromatic rings. The minimum atomic E-state index is -1.25. The molecule has 0 atom stereocenters. The second-order valence-corrected chi connectivity index (χ2v) is 6.91. The van der Waals surface area contributed by atoms with Gasteiger partial charge in [0.1, 0.15) is 0 Å². The Balaban J connectivity index is 0.000000235. The van der Waals surface area contributed by atoms with Crippen LogP contribution in [0.1, 0.15) is 64.7 Å². The van der Waals surface area contributed by atoms with Gasteiger partial charge in [-0.05, 0) is 30.6 Å². The Hall–Kier alpha value is -0.458. The Kier molecular flexibility index (Phi) is 9.32. The van der Waals surface area contributed by atoms with Gasteiger partial charge in [0.2, 0.25) is 0 Å². The van der Waals surface area contributed by atoms with E-state index in [0.717, 1.165) is 29.9 Å². The molecular weight excluding hydrogens is 468 g/mol. The normalized spacial score (nSPS) is 25.0. The van der Waals surface area contributed by atoms with Gasteiger partial charge < -0.3 is 5.11 Å².